The van der Waals surface area contributed by atoms with E-state index in [-0.39, 0.29) is 16.7 Å². The van der Waals surface area contributed by atoms with Gasteiger partial charge in [0.25, 0.3) is 10.0 Å². The Kier molecular flexibility index (Phi) is 6.17. The summed E-state index contributed by atoms with van der Waals surface area (Å²) in [7, 11) is -3.77. The van der Waals surface area contributed by atoms with Crippen LogP contribution in [0.4, 0.5) is 10.1 Å². The first-order valence-electron chi connectivity index (χ1n) is 9.85. The summed E-state index contributed by atoms with van der Waals surface area (Å²) in [4.78, 5) is 16.9. The van der Waals surface area contributed by atoms with Gasteiger partial charge in [-0.1, -0.05) is 18.1 Å². The molecule has 0 radical (unpaired) electrons. The number of nitrogens with zero attached hydrogens (tertiary/aromatic N) is 3. The standard InChI is InChI=1S/C20H21FN4O4S2/c1-2-17-23-19(24-29-17)14-9-18(30-12-14)31(27,28)25-8-4-5-13(11-25)20(26)22-16-7-3-6-15(21)10-16/h3,6-7,9-10,12-13H,2,4-5,8,11H2,1H3,(H,22,26)/t13-/m0/s1. The highest BCUT2D eigenvalue weighted by molar-refractivity contribution is 7.91. The third-order valence-electron chi connectivity index (χ3n) is 5.05. The van der Waals surface area contributed by atoms with Gasteiger partial charge in [0.2, 0.25) is 17.6 Å². The maximum absolute atomic E-state index is 13.4. The molecule has 0 bridgehead atoms. The number of hydrogen-bond acceptors (Lipinski definition) is 7. The van der Waals surface area contributed by atoms with Crippen LogP contribution in [0.1, 0.15) is 25.7 Å². The number of thiophene rings is 1. The number of piperidine rings is 1. The van der Waals surface area contributed by atoms with E-state index in [0.29, 0.717) is 48.8 Å². The minimum absolute atomic E-state index is 0.0684. The predicted octanol–water partition coefficient (Wildman–Crippen LogP) is 3.54. The second-order valence-corrected chi connectivity index (χ2v) is 10.3. The molecule has 1 saturated heterocycles. The molecule has 1 amide bonds. The van der Waals surface area contributed by atoms with Crippen molar-refractivity contribution < 1.29 is 22.1 Å². The maximum Gasteiger partial charge on any atom is 0.252 e. The molecule has 164 valence electrons. The lowest BCUT2D eigenvalue weighted by molar-refractivity contribution is -0.120. The second kappa shape index (κ2) is 8.85. The molecular weight excluding hydrogens is 443 g/mol. The van der Waals surface area contributed by atoms with E-state index < -0.39 is 21.8 Å². The molecule has 31 heavy (non-hydrogen) atoms. The number of nitrogens with one attached hydrogen (secondary N) is 1. The number of sulfonamides is 1. The molecule has 11 heteroatoms. The van der Waals surface area contributed by atoms with E-state index >= 15 is 0 Å². The molecule has 1 fully saturated rings. The Balaban J connectivity index is 1.47. The molecule has 1 aliphatic heterocycles. The highest BCUT2D eigenvalue weighted by atomic mass is 32.2. The summed E-state index contributed by atoms with van der Waals surface area (Å²) < 4.78 is 46.3. The van der Waals surface area contributed by atoms with Gasteiger partial charge in [-0.15, -0.1) is 11.3 Å². The highest BCUT2D eigenvalue weighted by Gasteiger charge is 2.34. The van der Waals surface area contributed by atoms with Gasteiger partial charge in [-0.2, -0.15) is 9.29 Å². The first-order chi connectivity index (χ1) is 14.9. The number of hydrogen-bond donors (Lipinski definition) is 1. The van der Waals surface area contributed by atoms with Gasteiger partial charge < -0.3 is 9.84 Å². The van der Waals surface area contributed by atoms with Crippen LogP contribution in [0.15, 0.2) is 44.4 Å². The SMILES string of the molecule is CCc1nc(-c2csc(S(=O)(=O)N3CCC[C@H](C(=O)Nc4cccc(F)c4)C3)c2)no1. The molecule has 0 unspecified atom stereocenters. The van der Waals surface area contributed by atoms with Crippen molar-refractivity contribution in [2.75, 3.05) is 18.4 Å². The highest BCUT2D eigenvalue weighted by Crippen LogP contribution is 2.31. The molecule has 4 rings (SSSR count). The summed E-state index contributed by atoms with van der Waals surface area (Å²) in [6.45, 7) is 2.29. The smallest absolute Gasteiger partial charge is 0.252 e. The average Bonchev–Trinajstić information content (AvgIpc) is 3.43. The fourth-order valence-electron chi connectivity index (χ4n) is 3.40. The number of aromatic nitrogens is 2. The van der Waals surface area contributed by atoms with Gasteiger partial charge in [0.15, 0.2) is 0 Å². The number of amides is 1. The summed E-state index contributed by atoms with van der Waals surface area (Å²) in [5.74, 6) is -0.465. The van der Waals surface area contributed by atoms with Gasteiger partial charge in [0, 0.05) is 36.1 Å². The first-order valence-corrected chi connectivity index (χ1v) is 12.2. The van der Waals surface area contributed by atoms with Crippen molar-refractivity contribution in [3.63, 3.8) is 0 Å². The molecule has 1 aromatic carbocycles. The zero-order chi connectivity index (χ0) is 22.0. The maximum atomic E-state index is 13.4. The number of rotatable bonds is 6. The summed E-state index contributed by atoms with van der Waals surface area (Å²) in [5.41, 5.74) is 0.920. The lowest BCUT2D eigenvalue weighted by Gasteiger charge is -2.30. The van der Waals surface area contributed by atoms with Crippen molar-refractivity contribution in [2.45, 2.75) is 30.4 Å². The van der Waals surface area contributed by atoms with Gasteiger partial charge in [0.05, 0.1) is 5.92 Å². The van der Waals surface area contributed by atoms with E-state index in [1.54, 1.807) is 11.4 Å². The Morgan fingerprint density at radius 3 is 2.97 bits per heavy atom. The fourth-order valence-corrected chi connectivity index (χ4v) is 6.23. The summed E-state index contributed by atoms with van der Waals surface area (Å²) >= 11 is 1.08. The summed E-state index contributed by atoms with van der Waals surface area (Å²) in [5, 5.41) is 8.23. The van der Waals surface area contributed by atoms with Crippen LogP contribution < -0.4 is 5.32 Å². The minimum Gasteiger partial charge on any atom is -0.339 e. The second-order valence-electron chi connectivity index (χ2n) is 7.22. The van der Waals surface area contributed by atoms with Crippen LogP contribution in [0.2, 0.25) is 0 Å². The number of benzene rings is 1. The normalized spacial score (nSPS) is 17.5. The molecule has 0 spiro atoms. The molecule has 0 aliphatic carbocycles. The average molecular weight is 465 g/mol. The van der Waals surface area contributed by atoms with Crippen LogP contribution in [0.25, 0.3) is 11.4 Å². The van der Waals surface area contributed by atoms with Gasteiger partial charge in [-0.25, -0.2) is 12.8 Å². The molecule has 1 aliphatic rings. The largest absolute Gasteiger partial charge is 0.339 e. The van der Waals surface area contributed by atoms with Crippen molar-refractivity contribution in [1.29, 1.82) is 0 Å². The van der Waals surface area contributed by atoms with Crippen LogP contribution in [0.3, 0.4) is 0 Å². The van der Waals surface area contributed by atoms with Crippen LogP contribution in [0.5, 0.6) is 0 Å². The lowest BCUT2D eigenvalue weighted by atomic mass is 9.99. The minimum atomic E-state index is -3.77. The third-order valence-corrected chi connectivity index (χ3v) is 8.33. The van der Waals surface area contributed by atoms with Crippen molar-refractivity contribution in [3.8, 4) is 11.4 Å². The van der Waals surface area contributed by atoms with Gasteiger partial charge in [-0.05, 0) is 37.1 Å². The molecule has 1 atom stereocenters. The monoisotopic (exact) mass is 464 g/mol. The number of aryl methyl sites for hydroxylation is 1. The van der Waals surface area contributed by atoms with Crippen LogP contribution in [0, 0.1) is 11.7 Å². The Morgan fingerprint density at radius 2 is 2.23 bits per heavy atom. The van der Waals surface area contributed by atoms with E-state index in [0.717, 1.165) is 11.3 Å². The van der Waals surface area contributed by atoms with E-state index in [2.05, 4.69) is 15.5 Å². The van der Waals surface area contributed by atoms with Gasteiger partial charge >= 0.3 is 0 Å². The molecule has 3 aromatic rings. The topological polar surface area (TPSA) is 105 Å². The quantitative estimate of drug-likeness (QED) is 0.598. The Bertz CT molecular complexity index is 1190. The number of carbonyl (C=O) groups is 1. The molecule has 3 heterocycles. The molecule has 0 saturated carbocycles. The number of carbonyl (C=O) groups excluding carboxylic acids is 1. The fraction of sp³-hybridized carbons (Fsp3) is 0.350. The van der Waals surface area contributed by atoms with Gasteiger partial charge in [0.1, 0.15) is 10.0 Å². The zero-order valence-corrected chi connectivity index (χ0v) is 18.4. The molecule has 2 aromatic heterocycles. The summed E-state index contributed by atoms with van der Waals surface area (Å²) in [6, 6.07) is 7.14. The van der Waals surface area contributed by atoms with Crippen LogP contribution >= 0.6 is 11.3 Å². The van der Waals surface area contributed by atoms with Crippen molar-refractivity contribution in [2.24, 2.45) is 5.92 Å². The van der Waals surface area contributed by atoms with Crippen LogP contribution in [-0.4, -0.2) is 41.9 Å². The van der Waals surface area contributed by atoms with E-state index in [9.17, 15) is 17.6 Å². The van der Waals surface area contributed by atoms with E-state index in [1.807, 2.05) is 6.92 Å². The van der Waals surface area contributed by atoms with E-state index in [4.69, 9.17) is 4.52 Å². The van der Waals surface area contributed by atoms with Crippen molar-refractivity contribution in [3.05, 3.63) is 47.4 Å². The zero-order valence-electron chi connectivity index (χ0n) is 16.7. The Morgan fingerprint density at radius 1 is 1.39 bits per heavy atom. The summed E-state index contributed by atoms with van der Waals surface area (Å²) in [6.07, 6.45) is 1.71. The van der Waals surface area contributed by atoms with Crippen molar-refractivity contribution >= 4 is 33.0 Å². The van der Waals surface area contributed by atoms with Gasteiger partial charge in [-0.3, -0.25) is 4.79 Å². The molecule has 8 nitrogen and oxygen atoms in total. The first kappa shape index (κ1) is 21.6. The van der Waals surface area contributed by atoms with Crippen LogP contribution in [-0.2, 0) is 21.2 Å². The van der Waals surface area contributed by atoms with Crippen molar-refractivity contribution in [1.82, 2.24) is 14.4 Å². The Hall–Kier alpha value is -2.63. The molecular formula is C20H21FN4O4S2. The predicted molar refractivity (Wildman–Crippen MR) is 114 cm³/mol. The number of anilines is 1. The number of halogens is 1. The molecule has 1 N–H and O–H groups in total. The Labute approximate surface area is 183 Å². The van der Waals surface area contributed by atoms with E-state index in [1.165, 1.54) is 28.6 Å². The lowest BCUT2D eigenvalue weighted by Crippen LogP contribution is -2.43. The third kappa shape index (κ3) is 4.68.